The minimum absolute atomic E-state index is 0.363. The van der Waals surface area contributed by atoms with Gasteiger partial charge in [0.2, 0.25) is 10.0 Å². The van der Waals surface area contributed by atoms with Gasteiger partial charge >= 0.3 is 0 Å². The summed E-state index contributed by atoms with van der Waals surface area (Å²) in [5.41, 5.74) is 3.08. The summed E-state index contributed by atoms with van der Waals surface area (Å²) in [6.07, 6.45) is 0. The summed E-state index contributed by atoms with van der Waals surface area (Å²) in [5, 5.41) is 6.53. The van der Waals surface area contributed by atoms with E-state index >= 15 is 0 Å². The van der Waals surface area contributed by atoms with E-state index in [0.29, 0.717) is 37.0 Å². The van der Waals surface area contributed by atoms with Crippen molar-refractivity contribution in [2.75, 3.05) is 39.8 Å². The van der Waals surface area contributed by atoms with Gasteiger partial charge in [0.1, 0.15) is 0 Å². The Bertz CT molecular complexity index is 999. The molecule has 0 atom stereocenters. The largest absolute Gasteiger partial charge is 0.357 e. The number of rotatable bonds is 7. The van der Waals surface area contributed by atoms with Crippen molar-refractivity contribution in [3.8, 4) is 0 Å². The molecule has 0 aliphatic carbocycles. The molecule has 2 aromatic carbocycles. The van der Waals surface area contributed by atoms with Crippen LogP contribution in [0.15, 0.2) is 58.4 Å². The normalized spacial score (nSPS) is 16.3. The molecule has 1 saturated heterocycles. The maximum absolute atomic E-state index is 13.3. The van der Waals surface area contributed by atoms with Crippen LogP contribution in [-0.4, -0.2) is 63.4 Å². The third-order valence-electron chi connectivity index (χ3n) is 5.35. The number of piperazine rings is 1. The van der Waals surface area contributed by atoms with Gasteiger partial charge in [-0.25, -0.2) is 13.4 Å². The summed E-state index contributed by atoms with van der Waals surface area (Å²) in [6.45, 7) is 8.25. The quantitative estimate of drug-likeness (QED) is 0.507. The molecular formula is C23H33N5O2S. The van der Waals surface area contributed by atoms with Crippen LogP contribution < -0.4 is 10.6 Å². The summed E-state index contributed by atoms with van der Waals surface area (Å²) in [6, 6.07) is 15.5. The van der Waals surface area contributed by atoms with Crippen molar-refractivity contribution in [3.63, 3.8) is 0 Å². The van der Waals surface area contributed by atoms with Gasteiger partial charge in [0.15, 0.2) is 5.96 Å². The molecule has 1 aliphatic heterocycles. The first kappa shape index (κ1) is 23.2. The van der Waals surface area contributed by atoms with Crippen molar-refractivity contribution in [1.29, 1.82) is 0 Å². The number of hydrogen-bond donors (Lipinski definition) is 2. The number of guanidine groups is 1. The number of benzene rings is 2. The highest BCUT2D eigenvalue weighted by atomic mass is 32.2. The third-order valence-corrected chi connectivity index (χ3v) is 7.34. The van der Waals surface area contributed by atoms with Gasteiger partial charge < -0.3 is 15.5 Å². The summed E-state index contributed by atoms with van der Waals surface area (Å²) in [7, 11) is -1.52. The van der Waals surface area contributed by atoms with Gasteiger partial charge in [-0.15, -0.1) is 0 Å². The van der Waals surface area contributed by atoms with Gasteiger partial charge in [-0.1, -0.05) is 48.0 Å². The minimum Gasteiger partial charge on any atom is -0.357 e. The Kier molecular flexibility index (Phi) is 8.06. The van der Waals surface area contributed by atoms with E-state index in [2.05, 4.69) is 45.6 Å². The standard InChI is InChI=1S/C23H33N5O2S/c1-4-24-23(25-17-20-9-7-8-19(2)16-20)26-18-21-10-5-6-11-22(21)31(29,30)28-14-12-27(3)13-15-28/h5-11,16H,4,12-15,17-18H2,1-3H3,(H2,24,25,26). The first-order valence-corrected chi connectivity index (χ1v) is 12.2. The highest BCUT2D eigenvalue weighted by Crippen LogP contribution is 2.21. The molecule has 8 heteroatoms. The Balaban J connectivity index is 1.73. The average Bonchev–Trinajstić information content (AvgIpc) is 2.76. The van der Waals surface area contributed by atoms with Crippen molar-refractivity contribution in [1.82, 2.24) is 19.8 Å². The molecule has 1 heterocycles. The smallest absolute Gasteiger partial charge is 0.243 e. The zero-order valence-electron chi connectivity index (χ0n) is 18.6. The Morgan fingerprint density at radius 3 is 2.48 bits per heavy atom. The number of nitrogens with zero attached hydrogens (tertiary/aromatic N) is 3. The van der Waals surface area contributed by atoms with E-state index in [1.54, 1.807) is 16.4 Å². The van der Waals surface area contributed by atoms with Crippen LogP contribution in [0.4, 0.5) is 0 Å². The molecule has 168 valence electrons. The second-order valence-corrected chi connectivity index (χ2v) is 9.76. The van der Waals surface area contributed by atoms with Crippen LogP contribution in [0, 0.1) is 6.92 Å². The number of aryl methyl sites for hydroxylation is 1. The fourth-order valence-corrected chi connectivity index (χ4v) is 5.21. The minimum atomic E-state index is -3.53. The van der Waals surface area contributed by atoms with E-state index in [4.69, 9.17) is 0 Å². The molecule has 1 fully saturated rings. The maximum atomic E-state index is 13.3. The first-order chi connectivity index (χ1) is 14.9. The van der Waals surface area contributed by atoms with Gasteiger partial charge in [0.25, 0.3) is 0 Å². The number of likely N-dealkylation sites (N-methyl/N-ethyl adjacent to an activating group) is 1. The Labute approximate surface area is 186 Å². The van der Waals surface area contributed by atoms with Gasteiger partial charge in [0, 0.05) is 39.3 Å². The molecule has 0 amide bonds. The molecule has 0 aromatic heterocycles. The first-order valence-electron chi connectivity index (χ1n) is 10.7. The van der Waals surface area contributed by atoms with Gasteiger partial charge in [-0.05, 0) is 38.1 Å². The zero-order chi connectivity index (χ0) is 22.3. The summed E-state index contributed by atoms with van der Waals surface area (Å²) in [5.74, 6) is 0.663. The predicted molar refractivity (Wildman–Crippen MR) is 126 cm³/mol. The Morgan fingerprint density at radius 2 is 1.77 bits per heavy atom. The molecule has 2 aromatic rings. The molecule has 0 radical (unpaired) electrons. The van der Waals surface area contributed by atoms with E-state index in [1.807, 2.05) is 32.2 Å². The maximum Gasteiger partial charge on any atom is 0.243 e. The average molecular weight is 444 g/mol. The monoisotopic (exact) mass is 443 g/mol. The third kappa shape index (κ3) is 6.29. The molecule has 0 unspecified atom stereocenters. The van der Waals surface area contributed by atoms with Gasteiger partial charge in [-0.2, -0.15) is 4.31 Å². The summed E-state index contributed by atoms with van der Waals surface area (Å²) in [4.78, 5) is 7.17. The van der Waals surface area contributed by atoms with Crippen LogP contribution in [-0.2, 0) is 23.1 Å². The molecule has 1 aliphatic rings. The van der Waals surface area contributed by atoms with Crippen molar-refractivity contribution in [2.45, 2.75) is 31.8 Å². The fraction of sp³-hybridized carbons (Fsp3) is 0.435. The second kappa shape index (κ2) is 10.7. The molecule has 0 bridgehead atoms. The van der Waals surface area contributed by atoms with Crippen LogP contribution in [0.5, 0.6) is 0 Å². The lowest BCUT2D eigenvalue weighted by atomic mass is 10.1. The molecule has 31 heavy (non-hydrogen) atoms. The van der Waals surface area contributed by atoms with Crippen molar-refractivity contribution in [3.05, 3.63) is 65.2 Å². The van der Waals surface area contributed by atoms with E-state index in [1.165, 1.54) is 5.56 Å². The van der Waals surface area contributed by atoms with Gasteiger partial charge in [0.05, 0.1) is 11.4 Å². The molecule has 0 saturated carbocycles. The SMILES string of the molecule is CCNC(=NCc1cccc(C)c1)NCc1ccccc1S(=O)(=O)N1CCN(C)CC1. The van der Waals surface area contributed by atoms with Crippen LogP contribution in [0.25, 0.3) is 0 Å². The van der Waals surface area contributed by atoms with Crippen molar-refractivity contribution in [2.24, 2.45) is 4.99 Å². The Hall–Kier alpha value is -2.42. The molecular weight excluding hydrogens is 410 g/mol. The van der Waals surface area contributed by atoms with Gasteiger partial charge in [-0.3, -0.25) is 0 Å². The number of aliphatic imine (C=N–C) groups is 1. The van der Waals surface area contributed by atoms with Crippen LogP contribution in [0.3, 0.4) is 0 Å². The predicted octanol–water partition coefficient (Wildman–Crippen LogP) is 2.19. The molecule has 2 N–H and O–H groups in total. The van der Waals surface area contributed by atoms with E-state index in [-0.39, 0.29) is 0 Å². The number of sulfonamides is 1. The van der Waals surface area contributed by atoms with E-state index in [9.17, 15) is 8.42 Å². The summed E-state index contributed by atoms with van der Waals surface area (Å²) < 4.78 is 28.1. The van der Waals surface area contributed by atoms with Crippen LogP contribution in [0.2, 0.25) is 0 Å². The van der Waals surface area contributed by atoms with Crippen molar-refractivity contribution >= 4 is 16.0 Å². The lowest BCUT2D eigenvalue weighted by Crippen LogP contribution is -2.47. The highest BCUT2D eigenvalue weighted by molar-refractivity contribution is 7.89. The van der Waals surface area contributed by atoms with E-state index in [0.717, 1.165) is 30.8 Å². The second-order valence-electron chi connectivity index (χ2n) is 7.85. The lowest BCUT2D eigenvalue weighted by Gasteiger charge is -2.32. The molecule has 3 rings (SSSR count). The topological polar surface area (TPSA) is 77.0 Å². The molecule has 7 nitrogen and oxygen atoms in total. The fourth-order valence-electron chi connectivity index (χ4n) is 3.57. The zero-order valence-corrected chi connectivity index (χ0v) is 19.5. The highest BCUT2D eigenvalue weighted by Gasteiger charge is 2.29. The van der Waals surface area contributed by atoms with Crippen LogP contribution in [0.1, 0.15) is 23.6 Å². The van der Waals surface area contributed by atoms with Crippen LogP contribution >= 0.6 is 0 Å². The summed E-state index contributed by atoms with van der Waals surface area (Å²) >= 11 is 0. The lowest BCUT2D eigenvalue weighted by molar-refractivity contribution is 0.222. The Morgan fingerprint density at radius 1 is 1.03 bits per heavy atom. The van der Waals surface area contributed by atoms with E-state index < -0.39 is 10.0 Å². The number of nitrogens with one attached hydrogen (secondary N) is 2. The van der Waals surface area contributed by atoms with Crippen molar-refractivity contribution < 1.29 is 8.42 Å². The molecule has 0 spiro atoms. The number of hydrogen-bond acceptors (Lipinski definition) is 4.